The highest BCUT2D eigenvalue weighted by Gasteiger charge is 2.46. The van der Waals surface area contributed by atoms with Crippen LogP contribution in [0, 0.1) is 18.6 Å². The lowest BCUT2D eigenvalue weighted by Gasteiger charge is -2.33. The highest BCUT2D eigenvalue weighted by Crippen LogP contribution is 2.46. The first-order chi connectivity index (χ1) is 25.8. The Bertz CT molecular complexity index is 2520. The van der Waals surface area contributed by atoms with Gasteiger partial charge in [-0.1, -0.05) is 11.6 Å². The zero-order chi connectivity index (χ0) is 39.6. The van der Waals surface area contributed by atoms with E-state index in [-0.39, 0.29) is 86.5 Å². The first-order valence-electron chi connectivity index (χ1n) is 17.5. The van der Waals surface area contributed by atoms with E-state index in [9.17, 15) is 35.6 Å². The third-order valence-electron chi connectivity index (χ3n) is 10.1. The number of alkyl halides is 3. The Kier molecular flexibility index (Phi) is 9.90. The lowest BCUT2D eigenvalue weighted by molar-refractivity contribution is -0.127. The summed E-state index contributed by atoms with van der Waals surface area (Å²) < 4.78 is 103. The van der Waals surface area contributed by atoms with E-state index in [4.69, 9.17) is 17.3 Å². The van der Waals surface area contributed by atoms with Gasteiger partial charge < -0.3 is 10.6 Å². The molecule has 55 heavy (non-hydrogen) atoms. The third-order valence-corrected chi connectivity index (χ3v) is 11.0. The second kappa shape index (κ2) is 14.1. The number of halogens is 6. The summed E-state index contributed by atoms with van der Waals surface area (Å²) in [5.74, 6) is -5.18. The maximum Gasteiger partial charge on any atom is 0.268 e. The molecule has 3 N–H and O–H groups in total. The van der Waals surface area contributed by atoms with Crippen LogP contribution in [0.2, 0.25) is 5.02 Å². The van der Waals surface area contributed by atoms with Gasteiger partial charge in [-0.15, -0.1) is 0 Å². The molecule has 12 nitrogen and oxygen atoms in total. The minimum Gasteiger partial charge on any atom is -0.341 e. The zero-order valence-corrected chi connectivity index (χ0v) is 31.3. The number of nitrogens with zero attached hydrogens (tertiary/aromatic N) is 6. The van der Waals surface area contributed by atoms with E-state index >= 15 is 4.39 Å². The van der Waals surface area contributed by atoms with Gasteiger partial charge in [-0.3, -0.25) is 23.6 Å². The molecule has 1 saturated heterocycles. The second-order valence-corrected chi connectivity index (χ2v) is 16.4. The van der Waals surface area contributed by atoms with Crippen molar-refractivity contribution in [3.63, 3.8) is 0 Å². The Hall–Kier alpha value is -4.68. The molecule has 1 aliphatic carbocycles. The molecule has 19 heteroatoms. The number of amides is 1. The molecular weight excluding hydrogens is 771 g/mol. The number of aryl methyl sites for hydroxylation is 1. The van der Waals surface area contributed by atoms with E-state index in [1.165, 1.54) is 29.8 Å². The minimum atomic E-state index is -3.91. The molecule has 7 rings (SSSR count). The van der Waals surface area contributed by atoms with Crippen LogP contribution in [0.25, 0.3) is 27.6 Å². The Morgan fingerprint density at radius 2 is 1.67 bits per heavy atom. The standard InChI is InChI=1S/C36H36ClF5N8O4S/c1-19-14-26(35(40)7-9-36(41,42)10-8-35)44-31-28(19)34(52)50(33(45-31)24(43)17-20-15-21(38)18-22(39)16-20)25-6-5-23(37)29-30(25)49(46-32(29)47-55(2,53)54)13-12-48-11-3-4-27(48)51/h5-6,14-16,18,24H,3-4,7-13,17,43H2,1-2H3,(H,46,47)/t24-/m0/s1. The molecule has 0 bridgehead atoms. The van der Waals surface area contributed by atoms with Gasteiger partial charge >= 0.3 is 0 Å². The third kappa shape index (κ3) is 7.63. The predicted octanol–water partition coefficient (Wildman–Crippen LogP) is 5.98. The quantitative estimate of drug-likeness (QED) is 0.163. The van der Waals surface area contributed by atoms with Gasteiger partial charge in [-0.25, -0.2) is 40.3 Å². The number of hydrogen-bond acceptors (Lipinski definition) is 8. The summed E-state index contributed by atoms with van der Waals surface area (Å²) in [6.07, 6.45) is -0.694. The van der Waals surface area contributed by atoms with Crippen molar-refractivity contribution < 1.29 is 35.2 Å². The minimum absolute atomic E-state index is 0.0440. The van der Waals surface area contributed by atoms with Gasteiger partial charge in [0.25, 0.3) is 5.56 Å². The number of hydrogen-bond donors (Lipinski definition) is 2. The van der Waals surface area contributed by atoms with Gasteiger partial charge in [0.1, 0.15) is 17.5 Å². The zero-order valence-electron chi connectivity index (χ0n) is 29.7. The molecular formula is C36H36ClF5N8O4S. The van der Waals surface area contributed by atoms with E-state index in [0.29, 0.717) is 25.5 Å². The fraction of sp³-hybridized carbons (Fsp3) is 0.417. The summed E-state index contributed by atoms with van der Waals surface area (Å²) in [6, 6.07) is 5.76. The molecule has 1 amide bonds. The summed E-state index contributed by atoms with van der Waals surface area (Å²) in [5, 5.41) is 4.61. The number of carbonyl (C=O) groups excluding carboxylic acids is 1. The van der Waals surface area contributed by atoms with Crippen molar-refractivity contribution in [1.29, 1.82) is 0 Å². The first-order valence-corrected chi connectivity index (χ1v) is 19.8. The van der Waals surface area contributed by atoms with Crippen LogP contribution in [-0.4, -0.2) is 68.8 Å². The number of carbonyl (C=O) groups is 1. The number of rotatable bonds is 10. The fourth-order valence-electron chi connectivity index (χ4n) is 7.44. The summed E-state index contributed by atoms with van der Waals surface area (Å²) in [6.45, 7) is 2.26. The van der Waals surface area contributed by atoms with Crippen LogP contribution in [0.4, 0.5) is 27.8 Å². The summed E-state index contributed by atoms with van der Waals surface area (Å²) in [4.78, 5) is 38.0. The smallest absolute Gasteiger partial charge is 0.268 e. The number of benzene rings is 2. The fourth-order valence-corrected chi connectivity index (χ4v) is 8.17. The van der Waals surface area contributed by atoms with Crippen molar-refractivity contribution in [1.82, 2.24) is 29.2 Å². The normalized spacial score (nSPS) is 17.7. The number of likely N-dealkylation sites (tertiary alicyclic amines) is 1. The summed E-state index contributed by atoms with van der Waals surface area (Å²) >= 11 is 6.69. The first kappa shape index (κ1) is 38.6. The Morgan fingerprint density at radius 1 is 0.982 bits per heavy atom. The van der Waals surface area contributed by atoms with Crippen LogP contribution in [-0.2, 0) is 33.5 Å². The highest BCUT2D eigenvalue weighted by molar-refractivity contribution is 7.92. The molecule has 1 atom stereocenters. The van der Waals surface area contributed by atoms with E-state index in [1.807, 2.05) is 0 Å². The SMILES string of the molecule is Cc1cc(C2(F)CCC(F)(F)CC2)nc2nc([C@@H](N)Cc3cc(F)cc(F)c3)n(-c3ccc(Cl)c4c(NS(C)(=O)=O)nn(CCN5CCCC5=O)c34)c(=O)c12. The van der Waals surface area contributed by atoms with Crippen molar-refractivity contribution in [2.45, 2.75) is 76.0 Å². The molecule has 0 spiro atoms. The van der Waals surface area contributed by atoms with Crippen molar-refractivity contribution in [3.05, 3.63) is 86.1 Å². The van der Waals surface area contributed by atoms with Crippen LogP contribution in [0.3, 0.4) is 0 Å². The number of fused-ring (bicyclic) bond motifs is 2. The molecule has 1 saturated carbocycles. The largest absolute Gasteiger partial charge is 0.341 e. The van der Waals surface area contributed by atoms with E-state index in [2.05, 4.69) is 19.8 Å². The molecule has 2 aliphatic rings. The van der Waals surface area contributed by atoms with E-state index in [1.54, 1.807) is 4.90 Å². The van der Waals surface area contributed by atoms with Crippen molar-refractivity contribution >= 4 is 55.3 Å². The number of nitrogens with one attached hydrogen (secondary N) is 1. The van der Waals surface area contributed by atoms with Crippen molar-refractivity contribution in [2.75, 3.05) is 24.1 Å². The molecule has 5 aromatic rings. The van der Waals surface area contributed by atoms with Crippen molar-refractivity contribution in [3.8, 4) is 5.69 Å². The van der Waals surface area contributed by atoms with Crippen molar-refractivity contribution in [2.24, 2.45) is 5.73 Å². The lowest BCUT2D eigenvalue weighted by Crippen LogP contribution is -2.35. The maximum atomic E-state index is 16.3. The molecule has 0 radical (unpaired) electrons. The lowest BCUT2D eigenvalue weighted by atomic mass is 9.81. The molecule has 0 unspecified atom stereocenters. The maximum absolute atomic E-state index is 16.3. The number of nitrogens with two attached hydrogens (primary N) is 1. The molecule has 1 aliphatic heterocycles. The molecule has 2 aromatic carbocycles. The van der Waals surface area contributed by atoms with Gasteiger partial charge in [-0.2, -0.15) is 5.10 Å². The van der Waals surface area contributed by atoms with Gasteiger partial charge in [0.15, 0.2) is 17.1 Å². The van der Waals surface area contributed by atoms with Crippen LogP contribution in [0.15, 0.2) is 41.2 Å². The summed E-state index contributed by atoms with van der Waals surface area (Å²) in [7, 11) is -3.91. The average molecular weight is 807 g/mol. The number of anilines is 1. The van der Waals surface area contributed by atoms with Gasteiger partial charge in [0.2, 0.25) is 21.9 Å². The van der Waals surface area contributed by atoms with E-state index in [0.717, 1.165) is 23.0 Å². The average Bonchev–Trinajstić information content (AvgIpc) is 3.66. The van der Waals surface area contributed by atoms with E-state index < -0.39 is 70.5 Å². The highest BCUT2D eigenvalue weighted by atomic mass is 35.5. The Labute approximate surface area is 316 Å². The molecule has 3 aromatic heterocycles. The monoisotopic (exact) mass is 806 g/mol. The Balaban J connectivity index is 1.48. The number of pyridine rings is 1. The van der Waals surface area contributed by atoms with Crippen LogP contribution < -0.4 is 16.0 Å². The predicted molar refractivity (Wildman–Crippen MR) is 196 cm³/mol. The topological polar surface area (TPSA) is 158 Å². The Morgan fingerprint density at radius 3 is 2.31 bits per heavy atom. The second-order valence-electron chi connectivity index (χ2n) is 14.3. The number of sulfonamides is 1. The molecule has 2 fully saturated rings. The number of aromatic nitrogens is 5. The van der Waals surface area contributed by atoms with Gasteiger partial charge in [-0.05, 0) is 74.1 Å². The molecule has 4 heterocycles. The van der Waals surface area contributed by atoms with Crippen LogP contribution in [0.1, 0.15) is 67.2 Å². The van der Waals surface area contributed by atoms with Gasteiger partial charge in [0.05, 0.1) is 51.5 Å². The molecule has 292 valence electrons. The summed E-state index contributed by atoms with van der Waals surface area (Å²) in [5.41, 5.74) is 3.93. The van der Waals surface area contributed by atoms with Crippen LogP contribution >= 0.6 is 11.6 Å². The van der Waals surface area contributed by atoms with Crippen LogP contribution in [0.5, 0.6) is 0 Å². The van der Waals surface area contributed by atoms with Gasteiger partial charge in [0, 0.05) is 38.4 Å².